The van der Waals surface area contributed by atoms with Gasteiger partial charge in [0.25, 0.3) is 0 Å². The molecular weight excluding hydrogens is 268 g/mol. The first-order chi connectivity index (χ1) is 9.18. The number of hydrogen-bond donors (Lipinski definition) is 2. The van der Waals surface area contributed by atoms with Gasteiger partial charge in [-0.3, -0.25) is 0 Å². The molecule has 2 nitrogen and oxygen atoms in total. The van der Waals surface area contributed by atoms with E-state index < -0.39 is 17.7 Å². The van der Waals surface area contributed by atoms with Gasteiger partial charge >= 0.3 is 0 Å². The van der Waals surface area contributed by atoms with Crippen LogP contribution in [0.15, 0.2) is 18.2 Å². The fourth-order valence-electron chi connectivity index (χ4n) is 2.31. The molecule has 0 amide bonds. The van der Waals surface area contributed by atoms with Crippen molar-refractivity contribution in [3.05, 3.63) is 35.4 Å². The SMILES string of the molecule is OC(CNCC1CCSCC1)c1c(F)cccc1F. The van der Waals surface area contributed by atoms with Crippen LogP contribution in [0.4, 0.5) is 8.78 Å². The number of aliphatic hydroxyl groups excluding tert-OH is 1. The summed E-state index contributed by atoms with van der Waals surface area (Å²) < 4.78 is 26.9. The minimum absolute atomic E-state index is 0.182. The van der Waals surface area contributed by atoms with Crippen molar-refractivity contribution < 1.29 is 13.9 Å². The first-order valence-electron chi connectivity index (χ1n) is 6.59. The van der Waals surface area contributed by atoms with Crippen molar-refractivity contribution in [1.82, 2.24) is 5.32 Å². The van der Waals surface area contributed by atoms with Crippen LogP contribution in [0, 0.1) is 17.6 Å². The molecule has 0 spiro atoms. The summed E-state index contributed by atoms with van der Waals surface area (Å²) in [6.45, 7) is 0.981. The monoisotopic (exact) mass is 287 g/mol. The van der Waals surface area contributed by atoms with Gasteiger partial charge in [0.15, 0.2) is 0 Å². The topological polar surface area (TPSA) is 32.3 Å². The predicted octanol–water partition coefficient (Wildman–Crippen LogP) is 2.73. The van der Waals surface area contributed by atoms with E-state index >= 15 is 0 Å². The van der Waals surface area contributed by atoms with Crippen LogP contribution in [0.2, 0.25) is 0 Å². The second-order valence-corrected chi connectivity index (χ2v) is 6.09. The maximum Gasteiger partial charge on any atom is 0.131 e. The van der Waals surface area contributed by atoms with Gasteiger partial charge in [-0.25, -0.2) is 8.78 Å². The van der Waals surface area contributed by atoms with Crippen molar-refractivity contribution in [2.45, 2.75) is 18.9 Å². The highest BCUT2D eigenvalue weighted by Gasteiger charge is 2.18. The lowest BCUT2D eigenvalue weighted by Gasteiger charge is -2.22. The molecule has 19 heavy (non-hydrogen) atoms. The normalized spacial score (nSPS) is 18.5. The summed E-state index contributed by atoms with van der Waals surface area (Å²) in [6.07, 6.45) is 1.20. The van der Waals surface area contributed by atoms with E-state index in [1.807, 2.05) is 11.8 Å². The average Bonchev–Trinajstić information content (AvgIpc) is 2.40. The van der Waals surface area contributed by atoms with Gasteiger partial charge in [0, 0.05) is 6.54 Å². The van der Waals surface area contributed by atoms with E-state index in [2.05, 4.69) is 5.32 Å². The maximum absolute atomic E-state index is 13.5. The molecule has 0 aromatic heterocycles. The number of halogens is 2. The fourth-order valence-corrected chi connectivity index (χ4v) is 3.51. The summed E-state index contributed by atoms with van der Waals surface area (Å²) in [5, 5.41) is 13.0. The molecule has 1 aromatic rings. The predicted molar refractivity (Wildman–Crippen MR) is 74.2 cm³/mol. The summed E-state index contributed by atoms with van der Waals surface area (Å²) >= 11 is 1.96. The van der Waals surface area contributed by atoms with Gasteiger partial charge in [-0.05, 0) is 48.9 Å². The molecular formula is C14H19F2NOS. The van der Waals surface area contributed by atoms with Crippen LogP contribution < -0.4 is 5.32 Å². The van der Waals surface area contributed by atoms with Crippen LogP contribution in [0.5, 0.6) is 0 Å². The lowest BCUT2D eigenvalue weighted by atomic mass is 10.0. The van der Waals surface area contributed by atoms with Crippen LogP contribution in [0.3, 0.4) is 0 Å². The lowest BCUT2D eigenvalue weighted by molar-refractivity contribution is 0.163. The molecule has 0 radical (unpaired) electrons. The van der Waals surface area contributed by atoms with Crippen molar-refractivity contribution in [2.75, 3.05) is 24.6 Å². The molecule has 1 atom stereocenters. The molecule has 0 aliphatic carbocycles. The molecule has 0 saturated carbocycles. The van der Waals surface area contributed by atoms with E-state index in [1.165, 1.54) is 42.5 Å². The number of benzene rings is 1. The van der Waals surface area contributed by atoms with Crippen molar-refractivity contribution in [3.63, 3.8) is 0 Å². The first-order valence-corrected chi connectivity index (χ1v) is 7.74. The molecule has 1 heterocycles. The molecule has 0 bridgehead atoms. The Labute approximate surface area is 116 Å². The molecule has 1 aliphatic rings. The van der Waals surface area contributed by atoms with Gasteiger partial charge in [0.05, 0.1) is 11.7 Å². The standard InChI is InChI=1S/C14H19F2NOS/c15-11-2-1-3-12(16)14(11)13(18)9-17-8-10-4-6-19-7-5-10/h1-3,10,13,17-18H,4-9H2. The molecule has 1 unspecified atom stereocenters. The Hall–Kier alpha value is -0.650. The third-order valence-electron chi connectivity index (χ3n) is 3.44. The summed E-state index contributed by atoms with van der Waals surface area (Å²) in [4.78, 5) is 0. The highest BCUT2D eigenvalue weighted by Crippen LogP contribution is 2.23. The van der Waals surface area contributed by atoms with Crippen molar-refractivity contribution in [2.24, 2.45) is 5.92 Å². The van der Waals surface area contributed by atoms with E-state index in [0.717, 1.165) is 6.54 Å². The third kappa shape index (κ3) is 4.16. The van der Waals surface area contributed by atoms with Crippen molar-refractivity contribution in [3.8, 4) is 0 Å². The number of hydrogen-bond acceptors (Lipinski definition) is 3. The highest BCUT2D eigenvalue weighted by molar-refractivity contribution is 7.99. The Morgan fingerprint density at radius 2 is 1.89 bits per heavy atom. The molecule has 1 fully saturated rings. The molecule has 1 saturated heterocycles. The zero-order valence-electron chi connectivity index (χ0n) is 10.7. The minimum atomic E-state index is -1.14. The quantitative estimate of drug-likeness (QED) is 0.873. The van der Waals surface area contributed by atoms with Gasteiger partial charge in [0.2, 0.25) is 0 Å². The van der Waals surface area contributed by atoms with E-state index in [-0.39, 0.29) is 12.1 Å². The molecule has 106 valence electrons. The number of aliphatic hydroxyl groups is 1. The molecule has 2 rings (SSSR count). The third-order valence-corrected chi connectivity index (χ3v) is 4.49. The minimum Gasteiger partial charge on any atom is -0.387 e. The van der Waals surface area contributed by atoms with Crippen LogP contribution in [0.25, 0.3) is 0 Å². The van der Waals surface area contributed by atoms with Crippen molar-refractivity contribution in [1.29, 1.82) is 0 Å². The van der Waals surface area contributed by atoms with Gasteiger partial charge in [-0.1, -0.05) is 6.07 Å². The number of thioether (sulfide) groups is 1. The van der Waals surface area contributed by atoms with E-state index in [0.29, 0.717) is 5.92 Å². The second-order valence-electron chi connectivity index (χ2n) is 4.87. The average molecular weight is 287 g/mol. The molecule has 2 N–H and O–H groups in total. The summed E-state index contributed by atoms with van der Waals surface area (Å²) in [7, 11) is 0. The Balaban J connectivity index is 1.82. The second kappa shape index (κ2) is 7.22. The Bertz CT molecular complexity index is 390. The first kappa shape index (κ1) is 14.8. The van der Waals surface area contributed by atoms with Crippen molar-refractivity contribution >= 4 is 11.8 Å². The van der Waals surface area contributed by atoms with Gasteiger partial charge < -0.3 is 10.4 Å². The summed E-state index contributed by atoms with van der Waals surface area (Å²) in [6, 6.07) is 3.63. The van der Waals surface area contributed by atoms with E-state index in [9.17, 15) is 13.9 Å². The molecule has 1 aromatic carbocycles. The largest absolute Gasteiger partial charge is 0.387 e. The zero-order chi connectivity index (χ0) is 13.7. The number of nitrogens with one attached hydrogen (secondary N) is 1. The smallest absolute Gasteiger partial charge is 0.131 e. The Morgan fingerprint density at radius 1 is 1.26 bits per heavy atom. The number of rotatable bonds is 5. The van der Waals surface area contributed by atoms with Gasteiger partial charge in [-0.15, -0.1) is 0 Å². The van der Waals surface area contributed by atoms with Crippen LogP contribution >= 0.6 is 11.8 Å². The molecule has 1 aliphatic heterocycles. The molecule has 5 heteroatoms. The van der Waals surface area contributed by atoms with Gasteiger partial charge in [-0.2, -0.15) is 11.8 Å². The lowest BCUT2D eigenvalue weighted by Crippen LogP contribution is -2.29. The highest BCUT2D eigenvalue weighted by atomic mass is 32.2. The van der Waals surface area contributed by atoms with Crippen LogP contribution in [-0.4, -0.2) is 29.7 Å². The zero-order valence-corrected chi connectivity index (χ0v) is 11.6. The van der Waals surface area contributed by atoms with Crippen LogP contribution in [-0.2, 0) is 0 Å². The Kier molecular flexibility index (Phi) is 5.60. The fraction of sp³-hybridized carbons (Fsp3) is 0.571. The Morgan fingerprint density at radius 3 is 2.53 bits per heavy atom. The summed E-state index contributed by atoms with van der Waals surface area (Å²) in [5.74, 6) is 1.58. The van der Waals surface area contributed by atoms with E-state index in [4.69, 9.17) is 0 Å². The van der Waals surface area contributed by atoms with E-state index in [1.54, 1.807) is 0 Å². The van der Waals surface area contributed by atoms with Crippen LogP contribution in [0.1, 0.15) is 24.5 Å². The maximum atomic E-state index is 13.5. The van der Waals surface area contributed by atoms with Gasteiger partial charge in [0.1, 0.15) is 11.6 Å². The summed E-state index contributed by atoms with van der Waals surface area (Å²) in [5.41, 5.74) is -0.241.